The van der Waals surface area contributed by atoms with Crippen LogP contribution in [0.3, 0.4) is 0 Å². The van der Waals surface area contributed by atoms with Gasteiger partial charge in [-0.25, -0.2) is 4.98 Å². The third-order valence-corrected chi connectivity index (χ3v) is 5.38. The number of likely N-dealkylation sites (N-methyl/N-ethyl adjacent to an activating group) is 1. The van der Waals surface area contributed by atoms with Crippen molar-refractivity contribution in [3.8, 4) is 22.1 Å². The minimum absolute atomic E-state index is 0.0834. The van der Waals surface area contributed by atoms with Gasteiger partial charge in [-0.15, -0.1) is 11.3 Å². The summed E-state index contributed by atoms with van der Waals surface area (Å²) in [5, 5.41) is 5.67. The van der Waals surface area contributed by atoms with Crippen molar-refractivity contribution in [3.63, 3.8) is 0 Å². The molecule has 2 N–H and O–H groups in total. The summed E-state index contributed by atoms with van der Waals surface area (Å²) in [5.74, 6) is 1.11. The number of benzene rings is 2. The van der Waals surface area contributed by atoms with Gasteiger partial charge in [0, 0.05) is 10.9 Å². The van der Waals surface area contributed by atoms with Crippen LogP contribution in [-0.2, 0) is 0 Å². The lowest BCUT2D eigenvalue weighted by Crippen LogP contribution is -3.06. The Bertz CT molecular complexity index is 957. The van der Waals surface area contributed by atoms with Gasteiger partial charge in [0.05, 0.1) is 28.3 Å². The summed E-state index contributed by atoms with van der Waals surface area (Å²) in [6.07, 6.45) is 0. The highest BCUT2D eigenvalue weighted by atomic mass is 32.1. The molecule has 0 spiro atoms. The Morgan fingerprint density at radius 3 is 2.48 bits per heavy atom. The molecule has 1 heterocycles. The average Bonchev–Trinajstić information content (AvgIpc) is 3.23. The molecule has 0 radical (unpaired) electrons. The van der Waals surface area contributed by atoms with Crippen LogP contribution in [0.4, 0.5) is 0 Å². The van der Waals surface area contributed by atoms with Gasteiger partial charge in [-0.3, -0.25) is 4.79 Å². The molecular formula is C22H26N3O3S+. The van der Waals surface area contributed by atoms with Crippen LogP contribution in [0.25, 0.3) is 10.6 Å². The molecule has 2 aromatic carbocycles. The Hall–Kier alpha value is -2.90. The lowest BCUT2D eigenvalue weighted by atomic mass is 10.1. The van der Waals surface area contributed by atoms with E-state index in [2.05, 4.69) is 24.4 Å². The minimum atomic E-state index is -0.178. The summed E-state index contributed by atoms with van der Waals surface area (Å²) in [7, 11) is 7.33. The van der Waals surface area contributed by atoms with Crippen LogP contribution >= 0.6 is 11.3 Å². The second-order valence-electron chi connectivity index (χ2n) is 6.96. The van der Waals surface area contributed by atoms with Gasteiger partial charge in [0.25, 0.3) is 5.91 Å². The first-order chi connectivity index (χ1) is 14.0. The van der Waals surface area contributed by atoms with Crippen molar-refractivity contribution in [1.82, 2.24) is 10.3 Å². The summed E-state index contributed by atoms with van der Waals surface area (Å²) >= 11 is 1.43. The molecule has 0 saturated heterocycles. The second-order valence-corrected chi connectivity index (χ2v) is 7.81. The number of quaternary nitrogens is 1. The molecule has 0 bridgehead atoms. The zero-order valence-corrected chi connectivity index (χ0v) is 17.9. The maximum Gasteiger partial charge on any atom is 0.271 e. The number of carbonyl (C=O) groups is 1. The number of hydrogen-bond acceptors (Lipinski definition) is 5. The van der Waals surface area contributed by atoms with Crippen molar-refractivity contribution >= 4 is 17.2 Å². The molecule has 29 heavy (non-hydrogen) atoms. The van der Waals surface area contributed by atoms with Crippen molar-refractivity contribution in [1.29, 1.82) is 0 Å². The van der Waals surface area contributed by atoms with Gasteiger partial charge in [0.1, 0.15) is 23.3 Å². The van der Waals surface area contributed by atoms with Crippen LogP contribution < -0.4 is 19.7 Å². The predicted molar refractivity (Wildman–Crippen MR) is 115 cm³/mol. The van der Waals surface area contributed by atoms with E-state index in [4.69, 9.17) is 9.47 Å². The Balaban J connectivity index is 1.79. The predicted octanol–water partition coefficient (Wildman–Crippen LogP) is 2.44. The van der Waals surface area contributed by atoms with E-state index in [-0.39, 0.29) is 11.9 Å². The van der Waals surface area contributed by atoms with E-state index >= 15 is 0 Å². The first-order valence-corrected chi connectivity index (χ1v) is 10.2. The second kappa shape index (κ2) is 9.54. The molecule has 0 aliphatic heterocycles. The molecular weight excluding hydrogens is 386 g/mol. The van der Waals surface area contributed by atoms with E-state index in [0.29, 0.717) is 17.2 Å². The molecule has 1 amide bonds. The van der Waals surface area contributed by atoms with E-state index in [0.717, 1.165) is 22.7 Å². The number of ether oxygens (including phenoxy) is 2. The molecule has 7 heteroatoms. The van der Waals surface area contributed by atoms with Crippen molar-refractivity contribution in [2.24, 2.45) is 0 Å². The Morgan fingerprint density at radius 2 is 1.83 bits per heavy atom. The largest absolute Gasteiger partial charge is 0.493 e. The first kappa shape index (κ1) is 20.8. The van der Waals surface area contributed by atoms with Gasteiger partial charge in [-0.1, -0.05) is 30.3 Å². The number of carbonyl (C=O) groups excluding carboxylic acids is 1. The minimum Gasteiger partial charge on any atom is -0.493 e. The molecule has 0 aliphatic carbocycles. The number of aromatic nitrogens is 1. The van der Waals surface area contributed by atoms with Gasteiger partial charge in [0.2, 0.25) is 0 Å². The molecule has 0 fully saturated rings. The molecule has 3 aromatic rings. The van der Waals surface area contributed by atoms with Crippen LogP contribution in [0.5, 0.6) is 11.5 Å². The fourth-order valence-electron chi connectivity index (χ4n) is 3.06. The number of hydrogen-bond donors (Lipinski definition) is 2. The highest BCUT2D eigenvalue weighted by molar-refractivity contribution is 7.13. The maximum absolute atomic E-state index is 12.9. The molecule has 0 unspecified atom stereocenters. The van der Waals surface area contributed by atoms with E-state index < -0.39 is 0 Å². The van der Waals surface area contributed by atoms with Crippen molar-refractivity contribution in [2.75, 3.05) is 34.9 Å². The molecule has 3 rings (SSSR count). The molecule has 0 aliphatic rings. The van der Waals surface area contributed by atoms with Crippen LogP contribution in [0.2, 0.25) is 0 Å². The fourth-order valence-corrected chi connectivity index (χ4v) is 3.85. The van der Waals surface area contributed by atoms with Gasteiger partial charge in [-0.2, -0.15) is 0 Å². The molecule has 6 nitrogen and oxygen atoms in total. The average molecular weight is 413 g/mol. The van der Waals surface area contributed by atoms with E-state index in [9.17, 15) is 4.79 Å². The number of nitrogens with one attached hydrogen (secondary N) is 2. The van der Waals surface area contributed by atoms with Crippen LogP contribution in [0.1, 0.15) is 22.1 Å². The fraction of sp³-hybridized carbons (Fsp3) is 0.273. The zero-order chi connectivity index (χ0) is 20.8. The van der Waals surface area contributed by atoms with Crippen LogP contribution in [0.15, 0.2) is 53.9 Å². The highest BCUT2D eigenvalue weighted by Gasteiger charge is 2.20. The van der Waals surface area contributed by atoms with Gasteiger partial charge >= 0.3 is 0 Å². The van der Waals surface area contributed by atoms with Crippen molar-refractivity contribution in [3.05, 3.63) is 65.2 Å². The Labute approximate surface area is 175 Å². The summed E-state index contributed by atoms with van der Waals surface area (Å²) in [5.41, 5.74) is 2.37. The summed E-state index contributed by atoms with van der Waals surface area (Å²) in [6.45, 7) is 0.780. The van der Waals surface area contributed by atoms with Crippen LogP contribution in [-0.4, -0.2) is 45.8 Å². The van der Waals surface area contributed by atoms with E-state index in [1.165, 1.54) is 16.2 Å². The normalized spacial score (nSPS) is 11.9. The van der Waals surface area contributed by atoms with E-state index in [1.54, 1.807) is 19.6 Å². The van der Waals surface area contributed by atoms with Crippen molar-refractivity contribution in [2.45, 2.75) is 6.04 Å². The zero-order valence-electron chi connectivity index (χ0n) is 17.1. The van der Waals surface area contributed by atoms with Gasteiger partial charge in [0.15, 0.2) is 11.5 Å². The summed E-state index contributed by atoms with van der Waals surface area (Å²) in [4.78, 5) is 18.7. The third kappa shape index (κ3) is 5.13. The van der Waals surface area contributed by atoms with Crippen molar-refractivity contribution < 1.29 is 19.2 Å². The topological polar surface area (TPSA) is 64.9 Å². The maximum atomic E-state index is 12.9. The first-order valence-electron chi connectivity index (χ1n) is 9.34. The standard InChI is InChI=1S/C22H25N3O3S/c1-25(2)13-17(15-8-6-5-7-9-15)23-21(26)18-14-29-22(24-18)16-10-11-19(27-3)20(12-16)28-4/h5-12,14,17H,13H2,1-4H3,(H,23,26)/p+1/t17-/m0/s1. The summed E-state index contributed by atoms with van der Waals surface area (Å²) < 4.78 is 10.6. The molecule has 0 saturated carbocycles. The highest BCUT2D eigenvalue weighted by Crippen LogP contribution is 2.33. The number of rotatable bonds is 8. The Kier molecular flexibility index (Phi) is 6.85. The van der Waals surface area contributed by atoms with Crippen LogP contribution in [0, 0.1) is 0 Å². The van der Waals surface area contributed by atoms with Gasteiger partial charge < -0.3 is 19.7 Å². The Morgan fingerprint density at radius 1 is 1.10 bits per heavy atom. The quantitative estimate of drug-likeness (QED) is 0.597. The number of thiazole rings is 1. The SMILES string of the molecule is COc1ccc(-c2nc(C(=O)N[C@@H](C[NH+](C)C)c3ccccc3)cs2)cc1OC. The lowest BCUT2D eigenvalue weighted by molar-refractivity contribution is -0.860. The summed E-state index contributed by atoms with van der Waals surface area (Å²) in [6, 6.07) is 15.5. The van der Waals surface area contributed by atoms with Gasteiger partial charge in [-0.05, 0) is 23.8 Å². The smallest absolute Gasteiger partial charge is 0.271 e. The number of nitrogens with zero attached hydrogens (tertiary/aromatic N) is 1. The molecule has 152 valence electrons. The molecule has 1 aromatic heterocycles. The lowest BCUT2D eigenvalue weighted by Gasteiger charge is -2.20. The number of methoxy groups -OCH3 is 2. The molecule has 1 atom stereocenters. The third-order valence-electron chi connectivity index (χ3n) is 4.49. The number of amides is 1. The monoisotopic (exact) mass is 412 g/mol. The van der Waals surface area contributed by atoms with E-state index in [1.807, 2.05) is 48.5 Å².